The SMILES string of the molecule is COc1ccc(-c2ccc(C34C=CCN(CC3)C4)cn2)cc1. The summed E-state index contributed by atoms with van der Waals surface area (Å²) in [4.78, 5) is 7.21. The Kier molecular flexibility index (Phi) is 3.23. The average Bonchev–Trinajstić information content (AvgIpc) is 2.90. The number of aromatic nitrogens is 1. The van der Waals surface area contributed by atoms with Crippen molar-refractivity contribution < 1.29 is 4.74 Å². The minimum atomic E-state index is 0.184. The summed E-state index contributed by atoms with van der Waals surface area (Å²) in [6.07, 6.45) is 7.94. The van der Waals surface area contributed by atoms with Crippen molar-refractivity contribution in [3.63, 3.8) is 0 Å². The molecule has 3 heterocycles. The van der Waals surface area contributed by atoms with Crippen LogP contribution in [0.4, 0.5) is 0 Å². The first-order valence-electron chi connectivity index (χ1n) is 7.80. The molecular formula is C19H20N2O. The Bertz CT molecular complexity index is 690. The van der Waals surface area contributed by atoms with Crippen molar-refractivity contribution in [1.82, 2.24) is 9.88 Å². The van der Waals surface area contributed by atoms with Crippen LogP contribution < -0.4 is 4.74 Å². The lowest BCUT2D eigenvalue weighted by atomic mass is 9.79. The fraction of sp³-hybridized carbons (Fsp3) is 0.316. The van der Waals surface area contributed by atoms with Crippen molar-refractivity contribution in [2.24, 2.45) is 0 Å². The lowest BCUT2D eigenvalue weighted by Gasteiger charge is -2.29. The Labute approximate surface area is 131 Å². The summed E-state index contributed by atoms with van der Waals surface area (Å²) in [5, 5.41) is 0. The van der Waals surface area contributed by atoms with Crippen LogP contribution in [0, 0.1) is 0 Å². The number of hydrogen-bond acceptors (Lipinski definition) is 3. The van der Waals surface area contributed by atoms with E-state index in [2.05, 4.69) is 47.5 Å². The third-order valence-electron chi connectivity index (χ3n) is 4.90. The maximum Gasteiger partial charge on any atom is 0.118 e. The molecule has 0 radical (unpaired) electrons. The zero-order valence-corrected chi connectivity index (χ0v) is 12.8. The van der Waals surface area contributed by atoms with E-state index in [-0.39, 0.29) is 5.41 Å². The molecule has 2 atom stereocenters. The monoisotopic (exact) mass is 292 g/mol. The summed E-state index contributed by atoms with van der Waals surface area (Å²) >= 11 is 0. The molecule has 1 saturated heterocycles. The molecule has 0 amide bonds. The molecule has 2 bridgehead atoms. The van der Waals surface area contributed by atoms with E-state index in [1.54, 1.807) is 7.11 Å². The Morgan fingerprint density at radius 1 is 1.14 bits per heavy atom. The first-order valence-corrected chi connectivity index (χ1v) is 7.80. The van der Waals surface area contributed by atoms with Crippen LogP contribution >= 0.6 is 0 Å². The van der Waals surface area contributed by atoms with Crippen LogP contribution in [0.25, 0.3) is 11.3 Å². The van der Waals surface area contributed by atoms with Gasteiger partial charge >= 0.3 is 0 Å². The van der Waals surface area contributed by atoms with E-state index >= 15 is 0 Å². The van der Waals surface area contributed by atoms with Crippen LogP contribution in [0.2, 0.25) is 0 Å². The molecule has 0 saturated carbocycles. The van der Waals surface area contributed by atoms with E-state index in [1.165, 1.54) is 18.5 Å². The van der Waals surface area contributed by atoms with Crippen LogP contribution in [0.1, 0.15) is 12.0 Å². The Morgan fingerprint density at radius 2 is 2.00 bits per heavy atom. The number of benzene rings is 1. The zero-order chi connectivity index (χ0) is 15.0. The summed E-state index contributed by atoms with van der Waals surface area (Å²) in [5.74, 6) is 0.873. The molecule has 0 spiro atoms. The Morgan fingerprint density at radius 3 is 2.73 bits per heavy atom. The van der Waals surface area contributed by atoms with Crippen molar-refractivity contribution in [1.29, 1.82) is 0 Å². The van der Waals surface area contributed by atoms with Gasteiger partial charge in [0.2, 0.25) is 0 Å². The largest absolute Gasteiger partial charge is 0.497 e. The minimum Gasteiger partial charge on any atom is -0.497 e. The standard InChI is InChI=1S/C19H20N2O/c1-22-17-6-3-15(4-7-17)18-8-5-16(13-20-18)19-9-2-11-21(14-19)12-10-19/h2-9,13H,10-12,14H2,1H3. The third kappa shape index (κ3) is 2.22. The number of ether oxygens (including phenoxy) is 1. The third-order valence-corrected chi connectivity index (χ3v) is 4.90. The van der Waals surface area contributed by atoms with Crippen LogP contribution in [-0.4, -0.2) is 36.6 Å². The second kappa shape index (κ2) is 5.25. The average molecular weight is 292 g/mol. The fourth-order valence-electron chi connectivity index (χ4n) is 3.59. The number of nitrogens with zero attached hydrogens (tertiary/aromatic N) is 2. The molecular weight excluding hydrogens is 272 g/mol. The molecule has 0 N–H and O–H groups in total. The van der Waals surface area contributed by atoms with Crippen LogP contribution in [0.3, 0.4) is 0 Å². The molecule has 1 aromatic heterocycles. The second-order valence-electron chi connectivity index (χ2n) is 6.20. The molecule has 22 heavy (non-hydrogen) atoms. The molecule has 2 aromatic rings. The highest BCUT2D eigenvalue weighted by molar-refractivity contribution is 5.60. The van der Waals surface area contributed by atoms with E-state index in [4.69, 9.17) is 9.72 Å². The molecule has 0 aliphatic carbocycles. The molecule has 4 rings (SSSR count). The molecule has 112 valence electrons. The van der Waals surface area contributed by atoms with Gasteiger partial charge in [0.1, 0.15) is 5.75 Å². The summed E-state index contributed by atoms with van der Waals surface area (Å²) in [6.45, 7) is 3.42. The van der Waals surface area contributed by atoms with Crippen LogP contribution in [0.5, 0.6) is 5.75 Å². The number of hydrogen-bond donors (Lipinski definition) is 0. The topological polar surface area (TPSA) is 25.4 Å². The van der Waals surface area contributed by atoms with Gasteiger partial charge < -0.3 is 4.74 Å². The zero-order valence-electron chi connectivity index (χ0n) is 12.8. The summed E-state index contributed by atoms with van der Waals surface area (Å²) < 4.78 is 5.20. The van der Waals surface area contributed by atoms with Gasteiger partial charge in [-0.2, -0.15) is 0 Å². The van der Waals surface area contributed by atoms with Crippen molar-refractivity contribution in [3.05, 3.63) is 60.3 Å². The smallest absolute Gasteiger partial charge is 0.118 e. The van der Waals surface area contributed by atoms with Crippen molar-refractivity contribution >= 4 is 0 Å². The maximum absolute atomic E-state index is 5.20. The van der Waals surface area contributed by atoms with E-state index < -0.39 is 0 Å². The first-order chi connectivity index (χ1) is 10.8. The first kappa shape index (κ1) is 13.5. The molecule has 1 fully saturated rings. The van der Waals surface area contributed by atoms with E-state index in [1.807, 2.05) is 12.1 Å². The number of rotatable bonds is 3. The molecule has 2 unspecified atom stereocenters. The van der Waals surface area contributed by atoms with Crippen LogP contribution in [0.15, 0.2) is 54.7 Å². The van der Waals surface area contributed by atoms with E-state index in [0.717, 1.165) is 30.1 Å². The van der Waals surface area contributed by atoms with Gasteiger partial charge in [-0.25, -0.2) is 0 Å². The molecule has 1 aromatic carbocycles. The quantitative estimate of drug-likeness (QED) is 0.812. The van der Waals surface area contributed by atoms with Gasteiger partial charge in [-0.1, -0.05) is 18.2 Å². The van der Waals surface area contributed by atoms with Crippen LogP contribution in [-0.2, 0) is 5.41 Å². The lowest BCUT2D eigenvalue weighted by Crippen LogP contribution is -2.33. The van der Waals surface area contributed by atoms with Gasteiger partial charge in [0.05, 0.1) is 12.8 Å². The molecule has 3 nitrogen and oxygen atoms in total. The normalized spacial score (nSPS) is 26.1. The summed E-state index contributed by atoms with van der Waals surface area (Å²) in [7, 11) is 1.68. The van der Waals surface area contributed by atoms with Gasteiger partial charge in [-0.15, -0.1) is 0 Å². The Hall–Kier alpha value is -2.13. The highest BCUT2D eigenvalue weighted by Gasteiger charge is 2.39. The molecule has 3 heteroatoms. The highest BCUT2D eigenvalue weighted by Crippen LogP contribution is 2.38. The van der Waals surface area contributed by atoms with Gasteiger partial charge in [0.15, 0.2) is 0 Å². The van der Waals surface area contributed by atoms with E-state index in [9.17, 15) is 0 Å². The number of fused-ring (bicyclic) bond motifs is 2. The summed E-state index contributed by atoms with van der Waals surface area (Å²) in [5.41, 5.74) is 3.65. The van der Waals surface area contributed by atoms with Crippen molar-refractivity contribution in [2.45, 2.75) is 11.8 Å². The Balaban J connectivity index is 1.63. The fourth-order valence-corrected chi connectivity index (χ4v) is 3.59. The van der Waals surface area contributed by atoms with Crippen molar-refractivity contribution in [2.75, 3.05) is 26.7 Å². The predicted octanol–water partition coefficient (Wildman–Crippen LogP) is 3.27. The number of methoxy groups -OCH3 is 1. The van der Waals surface area contributed by atoms with Gasteiger partial charge in [0, 0.05) is 30.3 Å². The summed E-state index contributed by atoms with van der Waals surface area (Å²) in [6, 6.07) is 12.4. The number of pyridine rings is 1. The molecule has 2 aliphatic rings. The minimum absolute atomic E-state index is 0.184. The lowest BCUT2D eigenvalue weighted by molar-refractivity contribution is 0.345. The van der Waals surface area contributed by atoms with E-state index in [0.29, 0.717) is 0 Å². The van der Waals surface area contributed by atoms with Gasteiger partial charge in [-0.05, 0) is 48.9 Å². The van der Waals surface area contributed by atoms with Gasteiger partial charge in [-0.3, -0.25) is 9.88 Å². The predicted molar refractivity (Wildman–Crippen MR) is 88.1 cm³/mol. The second-order valence-corrected chi connectivity index (χ2v) is 6.20. The molecule has 2 aliphatic heterocycles. The highest BCUT2D eigenvalue weighted by atomic mass is 16.5. The maximum atomic E-state index is 5.20. The van der Waals surface area contributed by atoms with Crippen molar-refractivity contribution in [3.8, 4) is 17.0 Å². The van der Waals surface area contributed by atoms with Gasteiger partial charge in [0.25, 0.3) is 0 Å².